The number of amides is 1. The van der Waals surface area contributed by atoms with Crippen molar-refractivity contribution in [3.63, 3.8) is 0 Å². The van der Waals surface area contributed by atoms with Crippen LogP contribution in [0.25, 0.3) is 0 Å². The van der Waals surface area contributed by atoms with Crippen LogP contribution in [0.2, 0.25) is 0 Å². The first-order valence-corrected chi connectivity index (χ1v) is 11.0. The highest BCUT2D eigenvalue weighted by Gasteiger charge is 2.48. The van der Waals surface area contributed by atoms with Crippen LogP contribution < -0.4 is 0 Å². The molecular weight excluding hydrogens is 352 g/mol. The summed E-state index contributed by atoms with van der Waals surface area (Å²) in [6.45, 7) is 2.45. The van der Waals surface area contributed by atoms with Crippen molar-refractivity contribution < 1.29 is 18.3 Å². The lowest BCUT2D eigenvalue weighted by atomic mass is 9.89. The lowest BCUT2D eigenvalue weighted by molar-refractivity contribution is 0.0340. The minimum atomic E-state index is -3.44. The highest BCUT2D eigenvalue weighted by atomic mass is 32.2. The highest BCUT2D eigenvalue weighted by molar-refractivity contribution is 7.89. The Morgan fingerprint density at radius 2 is 1.58 bits per heavy atom. The smallest absolute Gasteiger partial charge is 0.253 e. The second-order valence-electron chi connectivity index (χ2n) is 7.81. The van der Waals surface area contributed by atoms with Gasteiger partial charge in [0.05, 0.1) is 10.5 Å². The summed E-state index contributed by atoms with van der Waals surface area (Å²) in [6, 6.07) is 6.32. The number of hydrogen-bond acceptors (Lipinski definition) is 4. The summed E-state index contributed by atoms with van der Waals surface area (Å²) in [7, 11) is -3.44. The summed E-state index contributed by atoms with van der Waals surface area (Å²) >= 11 is 0. The number of rotatable bonds is 4. The molecule has 1 saturated carbocycles. The Hall–Kier alpha value is -1.44. The van der Waals surface area contributed by atoms with Gasteiger partial charge in [0.2, 0.25) is 10.0 Å². The summed E-state index contributed by atoms with van der Waals surface area (Å²) < 4.78 is 26.6. The van der Waals surface area contributed by atoms with E-state index in [4.69, 9.17) is 0 Å². The number of benzene rings is 1. The molecule has 0 unspecified atom stereocenters. The van der Waals surface area contributed by atoms with Gasteiger partial charge in [-0.05, 0) is 68.7 Å². The van der Waals surface area contributed by atoms with Crippen molar-refractivity contribution in [2.75, 3.05) is 26.2 Å². The van der Waals surface area contributed by atoms with Gasteiger partial charge in [0.25, 0.3) is 5.91 Å². The van der Waals surface area contributed by atoms with E-state index in [2.05, 4.69) is 0 Å². The zero-order valence-electron chi connectivity index (χ0n) is 14.9. The van der Waals surface area contributed by atoms with Gasteiger partial charge in [-0.2, -0.15) is 4.31 Å². The first kappa shape index (κ1) is 17.9. The number of carbonyl (C=O) groups excluding carboxylic acids is 1. The number of aliphatic hydroxyl groups is 1. The van der Waals surface area contributed by atoms with Crippen LogP contribution in [0.4, 0.5) is 0 Å². The molecule has 2 aliphatic heterocycles. The minimum absolute atomic E-state index is 0.0589. The van der Waals surface area contributed by atoms with E-state index in [1.54, 1.807) is 24.3 Å². The van der Waals surface area contributed by atoms with Crippen LogP contribution in [0.5, 0.6) is 0 Å². The molecular formula is C19H26N2O4S. The van der Waals surface area contributed by atoms with Crippen LogP contribution in [0.3, 0.4) is 0 Å². The molecule has 1 aromatic carbocycles. The van der Waals surface area contributed by atoms with Crippen LogP contribution in [0.15, 0.2) is 29.2 Å². The van der Waals surface area contributed by atoms with Crippen molar-refractivity contribution >= 4 is 15.9 Å². The number of likely N-dealkylation sites (tertiary alicyclic amines) is 1. The minimum Gasteiger partial charge on any atom is -0.390 e. The molecule has 3 fully saturated rings. The molecule has 1 N–H and O–H groups in total. The zero-order chi connectivity index (χ0) is 18.4. The molecule has 7 heteroatoms. The topological polar surface area (TPSA) is 77.9 Å². The van der Waals surface area contributed by atoms with E-state index in [0.717, 1.165) is 38.5 Å². The lowest BCUT2D eigenvalue weighted by Gasteiger charge is -2.34. The zero-order valence-corrected chi connectivity index (χ0v) is 15.7. The van der Waals surface area contributed by atoms with Crippen molar-refractivity contribution in [2.24, 2.45) is 5.92 Å². The van der Waals surface area contributed by atoms with Crippen LogP contribution in [-0.2, 0) is 10.0 Å². The van der Waals surface area contributed by atoms with Crippen LogP contribution in [0, 0.1) is 5.92 Å². The predicted octanol–water partition coefficient (Wildman–Crippen LogP) is 1.85. The molecule has 0 radical (unpaired) electrons. The first-order chi connectivity index (χ1) is 12.4. The van der Waals surface area contributed by atoms with Crippen molar-refractivity contribution in [3.05, 3.63) is 29.8 Å². The van der Waals surface area contributed by atoms with Gasteiger partial charge in [0, 0.05) is 31.7 Å². The molecule has 0 spiro atoms. The van der Waals surface area contributed by atoms with Gasteiger partial charge in [-0.3, -0.25) is 4.79 Å². The van der Waals surface area contributed by atoms with Crippen LogP contribution in [0.1, 0.15) is 48.9 Å². The standard InChI is InChI=1S/C19H26N2O4S/c22-18(20-13-7-16(8-14-20)19(23)9-10-19)15-3-5-17(6-4-15)26(24,25)21-11-1-2-12-21/h3-6,16,23H,1-2,7-14H2. The van der Waals surface area contributed by atoms with Gasteiger partial charge in [-0.25, -0.2) is 8.42 Å². The average molecular weight is 378 g/mol. The monoisotopic (exact) mass is 378 g/mol. The van der Waals surface area contributed by atoms with E-state index in [9.17, 15) is 18.3 Å². The van der Waals surface area contributed by atoms with E-state index in [1.165, 1.54) is 4.31 Å². The Bertz CT molecular complexity index is 772. The summed E-state index contributed by atoms with van der Waals surface area (Å²) in [6.07, 6.45) is 5.26. The molecule has 0 aromatic heterocycles. The molecule has 1 aromatic rings. The molecule has 26 heavy (non-hydrogen) atoms. The van der Waals surface area contributed by atoms with Crippen LogP contribution in [-0.4, -0.2) is 60.4 Å². The van der Waals surface area contributed by atoms with Crippen molar-refractivity contribution in [3.8, 4) is 0 Å². The second-order valence-corrected chi connectivity index (χ2v) is 9.74. The Kier molecular flexibility index (Phi) is 4.57. The number of sulfonamides is 1. The number of nitrogens with zero attached hydrogens (tertiary/aromatic N) is 2. The number of hydrogen-bond donors (Lipinski definition) is 1. The normalized spacial score (nSPS) is 24.0. The Balaban J connectivity index is 1.41. The average Bonchev–Trinajstić information content (AvgIpc) is 3.18. The third-order valence-electron chi connectivity index (χ3n) is 6.11. The van der Waals surface area contributed by atoms with Gasteiger partial charge < -0.3 is 10.0 Å². The fraction of sp³-hybridized carbons (Fsp3) is 0.632. The maximum atomic E-state index is 12.7. The Morgan fingerprint density at radius 3 is 2.12 bits per heavy atom. The van der Waals surface area contributed by atoms with E-state index in [0.29, 0.717) is 37.7 Å². The fourth-order valence-corrected chi connectivity index (χ4v) is 5.70. The third-order valence-corrected chi connectivity index (χ3v) is 8.02. The molecule has 3 aliphatic rings. The lowest BCUT2D eigenvalue weighted by Crippen LogP contribution is -2.41. The molecule has 6 nitrogen and oxygen atoms in total. The van der Waals surface area contributed by atoms with Crippen LogP contribution >= 0.6 is 0 Å². The maximum Gasteiger partial charge on any atom is 0.253 e. The van der Waals surface area contributed by atoms with Gasteiger partial charge in [-0.15, -0.1) is 0 Å². The van der Waals surface area contributed by atoms with E-state index >= 15 is 0 Å². The summed E-state index contributed by atoms with van der Waals surface area (Å²) in [5, 5.41) is 10.2. The third kappa shape index (κ3) is 3.28. The van der Waals surface area contributed by atoms with E-state index < -0.39 is 15.6 Å². The summed E-state index contributed by atoms with van der Waals surface area (Å²) in [5.41, 5.74) is 0.0507. The molecule has 2 saturated heterocycles. The molecule has 2 heterocycles. The molecule has 142 valence electrons. The molecule has 4 rings (SSSR count). The second kappa shape index (κ2) is 6.62. The molecule has 0 bridgehead atoms. The van der Waals surface area contributed by atoms with E-state index in [-0.39, 0.29) is 10.8 Å². The summed E-state index contributed by atoms with van der Waals surface area (Å²) in [5.74, 6) is 0.246. The van der Waals surface area contributed by atoms with Crippen molar-refractivity contribution in [1.29, 1.82) is 0 Å². The van der Waals surface area contributed by atoms with Gasteiger partial charge in [0.1, 0.15) is 0 Å². The van der Waals surface area contributed by atoms with Crippen molar-refractivity contribution in [1.82, 2.24) is 9.21 Å². The summed E-state index contributed by atoms with van der Waals surface area (Å²) in [4.78, 5) is 14.8. The van der Waals surface area contributed by atoms with Gasteiger partial charge >= 0.3 is 0 Å². The van der Waals surface area contributed by atoms with Crippen molar-refractivity contribution in [2.45, 2.75) is 49.0 Å². The molecule has 1 aliphatic carbocycles. The fourth-order valence-electron chi connectivity index (χ4n) is 4.19. The predicted molar refractivity (Wildman–Crippen MR) is 97.2 cm³/mol. The SMILES string of the molecule is O=C(c1ccc(S(=O)(=O)N2CCCC2)cc1)N1CCC(C2(O)CC2)CC1. The number of piperidine rings is 1. The highest BCUT2D eigenvalue weighted by Crippen LogP contribution is 2.46. The van der Waals surface area contributed by atoms with E-state index in [1.807, 2.05) is 4.90 Å². The molecule has 0 atom stereocenters. The van der Waals surface area contributed by atoms with Gasteiger partial charge in [-0.1, -0.05) is 0 Å². The molecule has 1 amide bonds. The largest absolute Gasteiger partial charge is 0.390 e. The Labute approximate surface area is 154 Å². The first-order valence-electron chi connectivity index (χ1n) is 9.52. The maximum absolute atomic E-state index is 12.7. The quantitative estimate of drug-likeness (QED) is 0.867. The number of carbonyl (C=O) groups is 1. The van der Waals surface area contributed by atoms with Gasteiger partial charge in [0.15, 0.2) is 0 Å². The Morgan fingerprint density at radius 1 is 1.00 bits per heavy atom.